The zero-order valence-electron chi connectivity index (χ0n) is 20.5. The third-order valence-corrected chi connectivity index (χ3v) is 7.01. The summed E-state index contributed by atoms with van der Waals surface area (Å²) in [5.41, 5.74) is 2.87. The molecule has 0 saturated carbocycles. The molecule has 0 spiro atoms. The summed E-state index contributed by atoms with van der Waals surface area (Å²) >= 11 is 1.58. The number of nitrogens with one attached hydrogen (secondary N) is 1. The number of hydrogen-bond donors (Lipinski definition) is 3. The third kappa shape index (κ3) is 8.32. The van der Waals surface area contributed by atoms with E-state index in [-0.39, 0.29) is 42.4 Å². The maximum atomic E-state index is 12.8. The van der Waals surface area contributed by atoms with Gasteiger partial charge in [0.15, 0.2) is 0 Å². The number of carbonyl (C=O) groups excluding carboxylic acids is 2. The van der Waals surface area contributed by atoms with Crippen LogP contribution in [0.4, 0.5) is 0 Å². The van der Waals surface area contributed by atoms with Gasteiger partial charge in [-0.3, -0.25) is 9.59 Å². The topological polar surface area (TPSA) is 99.5 Å². The van der Waals surface area contributed by atoms with Gasteiger partial charge in [0.1, 0.15) is 5.78 Å². The molecule has 182 valence electrons. The average molecular weight is 475 g/mol. The highest BCUT2D eigenvalue weighted by molar-refractivity contribution is 7.09. The zero-order chi connectivity index (χ0) is 24.7. The normalized spacial score (nSPS) is 33.8. The predicted octanol–water partition coefficient (Wildman–Crippen LogP) is 4.23. The molecule has 7 heteroatoms. The first-order valence-corrected chi connectivity index (χ1v) is 12.5. The highest BCUT2D eigenvalue weighted by Crippen LogP contribution is 2.23. The van der Waals surface area contributed by atoms with Crippen molar-refractivity contribution in [1.29, 1.82) is 0 Å². The van der Waals surface area contributed by atoms with Gasteiger partial charge in [-0.15, -0.1) is 11.3 Å². The summed E-state index contributed by atoms with van der Waals surface area (Å²) in [7, 11) is 0. The molecule has 1 aromatic heterocycles. The van der Waals surface area contributed by atoms with Gasteiger partial charge in [-0.05, 0) is 50.7 Å². The molecule has 6 nitrogen and oxygen atoms in total. The highest BCUT2D eigenvalue weighted by Gasteiger charge is 2.29. The minimum absolute atomic E-state index is 0.00991. The van der Waals surface area contributed by atoms with E-state index in [0.717, 1.165) is 21.8 Å². The molecular formula is C26H38N2O4S. The van der Waals surface area contributed by atoms with Crippen molar-refractivity contribution in [1.82, 2.24) is 10.3 Å². The predicted molar refractivity (Wildman–Crippen MR) is 134 cm³/mol. The van der Waals surface area contributed by atoms with Crippen LogP contribution in [-0.4, -0.2) is 45.1 Å². The van der Waals surface area contributed by atoms with E-state index in [1.165, 1.54) is 0 Å². The quantitative estimate of drug-likeness (QED) is 0.596. The number of nitrogens with zero attached hydrogens (tertiary/aromatic N) is 1. The van der Waals surface area contributed by atoms with E-state index in [1.807, 2.05) is 58.2 Å². The van der Waals surface area contributed by atoms with Gasteiger partial charge in [-0.2, -0.15) is 0 Å². The van der Waals surface area contributed by atoms with Gasteiger partial charge >= 0.3 is 0 Å². The van der Waals surface area contributed by atoms with Crippen LogP contribution in [-0.2, 0) is 9.59 Å². The molecule has 0 radical (unpaired) electrons. The largest absolute Gasteiger partial charge is 0.392 e. The summed E-state index contributed by atoms with van der Waals surface area (Å²) in [5, 5.41) is 27.0. The van der Waals surface area contributed by atoms with Gasteiger partial charge in [-0.25, -0.2) is 4.98 Å². The number of amides is 1. The maximum absolute atomic E-state index is 12.8. The lowest BCUT2D eigenvalue weighted by Gasteiger charge is -2.26. The summed E-state index contributed by atoms with van der Waals surface area (Å²) in [4.78, 5) is 29.8. The van der Waals surface area contributed by atoms with Crippen LogP contribution in [0, 0.1) is 24.7 Å². The molecule has 1 amide bonds. The molecule has 0 unspecified atom stereocenters. The number of rotatable bonds is 2. The number of carbonyl (C=O) groups is 2. The Balaban J connectivity index is 2.35. The third-order valence-electron chi connectivity index (χ3n) is 6.22. The lowest BCUT2D eigenvalue weighted by Crippen LogP contribution is -2.41. The first kappa shape index (κ1) is 27.2. The van der Waals surface area contributed by atoms with Crippen LogP contribution in [0.15, 0.2) is 34.8 Å². The van der Waals surface area contributed by atoms with Crippen molar-refractivity contribution in [3.63, 3.8) is 0 Å². The number of aromatic nitrogens is 1. The van der Waals surface area contributed by atoms with E-state index in [4.69, 9.17) is 0 Å². The average Bonchev–Trinajstić information content (AvgIpc) is 3.14. The SMILES string of the molecule is CC1=C/[C@H](C)[C@@H](/C(C)=C/c2csc(C)n2)NC(=O)C[C@H](O)CC(=O)[C@H](C)[C@@H](O)[C@@H](C)C\C=C\1. The molecular weight excluding hydrogens is 436 g/mol. The fourth-order valence-corrected chi connectivity index (χ4v) is 4.79. The van der Waals surface area contributed by atoms with Crippen molar-refractivity contribution in [2.24, 2.45) is 17.8 Å². The molecule has 1 aromatic rings. The standard InChI is InChI=1S/C26H38N2O4S/c1-15-8-7-9-16(2)26(32)19(5)23(30)12-22(29)13-24(31)28-25(17(3)10-15)18(4)11-21-14-33-20(6)27-21/h7-8,10-11,14,16-17,19,22,25-26,29,32H,9,12-13H2,1-6H3,(H,28,31)/b8-7+,15-10-,18-11+/t16-,17-,19-,22+,25-,26-/m0/s1. The number of hydrogen-bond acceptors (Lipinski definition) is 6. The summed E-state index contributed by atoms with van der Waals surface area (Å²) in [6.45, 7) is 11.6. The molecule has 3 N–H and O–H groups in total. The highest BCUT2D eigenvalue weighted by atomic mass is 32.1. The molecule has 0 fully saturated rings. The van der Waals surface area contributed by atoms with Crippen LogP contribution >= 0.6 is 11.3 Å². The molecule has 33 heavy (non-hydrogen) atoms. The van der Waals surface area contributed by atoms with E-state index in [0.29, 0.717) is 6.42 Å². The minimum atomic E-state index is -1.09. The Kier molecular flexibility index (Phi) is 10.2. The fourth-order valence-electron chi connectivity index (χ4n) is 4.22. The molecule has 0 aromatic carbocycles. The molecule has 1 aliphatic heterocycles. The fraction of sp³-hybridized carbons (Fsp3) is 0.577. The van der Waals surface area contributed by atoms with Crippen LogP contribution in [0.1, 0.15) is 64.6 Å². The van der Waals surface area contributed by atoms with Crippen molar-refractivity contribution in [2.75, 3.05) is 0 Å². The van der Waals surface area contributed by atoms with Crippen LogP contribution in [0.2, 0.25) is 0 Å². The summed E-state index contributed by atoms with van der Waals surface area (Å²) in [6, 6.07) is -0.279. The van der Waals surface area contributed by atoms with E-state index in [9.17, 15) is 19.8 Å². The second-order valence-corrected chi connectivity index (χ2v) is 10.5. The minimum Gasteiger partial charge on any atom is -0.392 e. The van der Waals surface area contributed by atoms with E-state index < -0.39 is 18.1 Å². The van der Waals surface area contributed by atoms with Crippen molar-refractivity contribution in [3.8, 4) is 0 Å². The van der Waals surface area contributed by atoms with Crippen molar-refractivity contribution in [3.05, 3.63) is 45.5 Å². The number of Topliss-reactive ketones (excluding diaryl/α,β-unsaturated/α-hetero) is 1. The monoisotopic (exact) mass is 474 g/mol. The van der Waals surface area contributed by atoms with Gasteiger partial charge in [0.25, 0.3) is 0 Å². The summed E-state index contributed by atoms with van der Waals surface area (Å²) in [6.07, 6.45) is 6.55. The smallest absolute Gasteiger partial charge is 0.223 e. The number of ketones is 1. The van der Waals surface area contributed by atoms with Gasteiger partial charge in [0, 0.05) is 17.7 Å². The van der Waals surface area contributed by atoms with Crippen LogP contribution in [0.3, 0.4) is 0 Å². The second-order valence-electron chi connectivity index (χ2n) is 9.42. The summed E-state index contributed by atoms with van der Waals surface area (Å²) in [5.74, 6) is -1.26. The maximum Gasteiger partial charge on any atom is 0.223 e. The second kappa shape index (κ2) is 12.4. The molecule has 0 saturated heterocycles. The van der Waals surface area contributed by atoms with E-state index >= 15 is 0 Å². The Morgan fingerprint density at radius 1 is 1.18 bits per heavy atom. The lowest BCUT2D eigenvalue weighted by atomic mass is 9.86. The molecule has 0 bridgehead atoms. The number of allylic oxidation sites excluding steroid dienone is 3. The number of aryl methyl sites for hydroxylation is 1. The Labute approximate surface area is 201 Å². The molecule has 2 heterocycles. The Morgan fingerprint density at radius 2 is 1.88 bits per heavy atom. The van der Waals surface area contributed by atoms with E-state index in [2.05, 4.69) is 16.4 Å². The first-order valence-electron chi connectivity index (χ1n) is 11.6. The Hall–Kier alpha value is -2.09. The van der Waals surface area contributed by atoms with Crippen LogP contribution in [0.25, 0.3) is 6.08 Å². The first-order chi connectivity index (χ1) is 15.5. The van der Waals surface area contributed by atoms with Crippen molar-refractivity contribution in [2.45, 2.75) is 79.1 Å². The molecule has 6 atom stereocenters. The summed E-state index contributed by atoms with van der Waals surface area (Å²) < 4.78 is 0. The number of thiazole rings is 1. The van der Waals surface area contributed by atoms with E-state index in [1.54, 1.807) is 18.3 Å². The van der Waals surface area contributed by atoms with Gasteiger partial charge in [0.05, 0.1) is 35.4 Å². The number of aliphatic hydroxyl groups excluding tert-OH is 2. The van der Waals surface area contributed by atoms with Crippen LogP contribution in [0.5, 0.6) is 0 Å². The van der Waals surface area contributed by atoms with Gasteiger partial charge in [-0.1, -0.05) is 44.6 Å². The van der Waals surface area contributed by atoms with Crippen molar-refractivity contribution >= 4 is 29.1 Å². The van der Waals surface area contributed by atoms with Crippen molar-refractivity contribution < 1.29 is 19.8 Å². The zero-order valence-corrected chi connectivity index (χ0v) is 21.4. The molecule has 1 aliphatic rings. The Morgan fingerprint density at radius 3 is 2.52 bits per heavy atom. The van der Waals surface area contributed by atoms with Crippen LogP contribution < -0.4 is 5.32 Å². The molecule has 0 aliphatic carbocycles. The molecule has 2 rings (SSSR count). The lowest BCUT2D eigenvalue weighted by molar-refractivity contribution is -0.130. The van der Waals surface area contributed by atoms with Gasteiger partial charge in [0.2, 0.25) is 5.91 Å². The van der Waals surface area contributed by atoms with Gasteiger partial charge < -0.3 is 15.5 Å². The Bertz CT molecular complexity index is 917. The number of aliphatic hydroxyl groups is 2.